The summed E-state index contributed by atoms with van der Waals surface area (Å²) < 4.78 is 2.42. The second-order valence-corrected chi connectivity index (χ2v) is 16.6. The minimum absolute atomic E-state index is 0.389. The minimum atomic E-state index is -0.556. The zero-order chi connectivity index (χ0) is 42.6. The summed E-state index contributed by atoms with van der Waals surface area (Å²) in [7, 11) is 0. The van der Waals surface area contributed by atoms with Gasteiger partial charge in [-0.3, -0.25) is 4.99 Å². The fourth-order valence-corrected chi connectivity index (χ4v) is 10.4. The van der Waals surface area contributed by atoms with Crippen LogP contribution in [0, 0.1) is 0 Å². The number of nitrogens with zero attached hydrogens (tertiary/aromatic N) is 3. The van der Waals surface area contributed by atoms with Gasteiger partial charge in [0.25, 0.3) is 0 Å². The quantitative estimate of drug-likeness (QED) is 0.122. The number of rotatable bonds is 7. The van der Waals surface area contributed by atoms with Crippen molar-refractivity contribution in [1.82, 2.24) is 9.55 Å². The van der Waals surface area contributed by atoms with Gasteiger partial charge in [0.1, 0.15) is 5.84 Å². The van der Waals surface area contributed by atoms with Crippen LogP contribution in [0.4, 0.5) is 0 Å². The molecule has 12 rings (SSSR count). The van der Waals surface area contributed by atoms with Crippen molar-refractivity contribution in [3.05, 3.63) is 257 Å². The number of aromatic amines is 1. The molecule has 10 aromatic rings. The van der Waals surface area contributed by atoms with Crippen LogP contribution in [0.25, 0.3) is 60.4 Å². The van der Waals surface area contributed by atoms with E-state index in [1.807, 2.05) is 18.2 Å². The van der Waals surface area contributed by atoms with Crippen molar-refractivity contribution in [2.75, 3.05) is 0 Å². The van der Waals surface area contributed by atoms with Crippen LogP contribution in [-0.2, 0) is 12.0 Å². The Morgan fingerprint density at radius 1 is 0.609 bits per heavy atom. The van der Waals surface area contributed by atoms with Gasteiger partial charge in [-0.05, 0) is 75.7 Å². The Kier molecular flexibility index (Phi) is 8.94. The maximum absolute atomic E-state index is 7.17. The molecule has 5 heteroatoms. The van der Waals surface area contributed by atoms with E-state index < -0.39 is 5.41 Å². The normalized spacial score (nSPS) is 16.1. The van der Waals surface area contributed by atoms with Crippen molar-refractivity contribution >= 4 is 55.3 Å². The first-order chi connectivity index (χ1) is 31.7. The molecule has 2 heterocycles. The number of fused-ring (bicyclic) bond motifs is 10. The first kappa shape index (κ1) is 37.5. The molecule has 1 unspecified atom stereocenters. The molecule has 0 amide bonds. The second-order valence-electron chi connectivity index (χ2n) is 16.6. The van der Waals surface area contributed by atoms with Crippen molar-refractivity contribution in [2.45, 2.75) is 18.4 Å². The van der Waals surface area contributed by atoms with Gasteiger partial charge in [-0.2, -0.15) is 0 Å². The maximum atomic E-state index is 7.17. The van der Waals surface area contributed by atoms with E-state index in [1.165, 1.54) is 60.5 Å². The second kappa shape index (κ2) is 15.3. The lowest BCUT2D eigenvalue weighted by molar-refractivity contribution is 0.767. The number of amidine groups is 2. The molecule has 1 atom stereocenters. The average Bonchev–Trinajstić information content (AvgIpc) is 3.90. The number of aliphatic imine (C=N–C) groups is 2. The van der Waals surface area contributed by atoms with Gasteiger partial charge in [0.15, 0.2) is 5.84 Å². The van der Waals surface area contributed by atoms with Crippen LogP contribution in [0.15, 0.2) is 234 Å². The number of benzene rings is 8. The molecule has 0 bridgehead atoms. The third-order valence-corrected chi connectivity index (χ3v) is 13.2. The van der Waals surface area contributed by atoms with E-state index in [-0.39, 0.29) is 0 Å². The molecule has 0 spiro atoms. The van der Waals surface area contributed by atoms with Crippen LogP contribution < -0.4 is 5.73 Å². The highest BCUT2D eigenvalue weighted by atomic mass is 15.0. The molecule has 0 aliphatic heterocycles. The molecule has 5 nitrogen and oxygen atoms in total. The van der Waals surface area contributed by atoms with Crippen LogP contribution in [0.5, 0.6) is 0 Å². The summed E-state index contributed by atoms with van der Waals surface area (Å²) >= 11 is 0. The van der Waals surface area contributed by atoms with Gasteiger partial charge in [0.05, 0.1) is 28.7 Å². The van der Waals surface area contributed by atoms with Crippen molar-refractivity contribution in [2.24, 2.45) is 15.7 Å². The number of nitrogens with two attached hydrogens (primary N) is 1. The van der Waals surface area contributed by atoms with Gasteiger partial charge in [-0.1, -0.05) is 188 Å². The van der Waals surface area contributed by atoms with Crippen LogP contribution in [-0.4, -0.2) is 21.2 Å². The molecule has 2 aromatic heterocycles. The first-order valence-electron chi connectivity index (χ1n) is 22.0. The van der Waals surface area contributed by atoms with Crippen molar-refractivity contribution in [1.29, 1.82) is 0 Å². The highest BCUT2D eigenvalue weighted by Gasteiger charge is 2.46. The minimum Gasteiger partial charge on any atom is -0.383 e. The molecule has 2 aliphatic rings. The summed E-state index contributed by atoms with van der Waals surface area (Å²) in [6.07, 6.45) is 12.1. The largest absolute Gasteiger partial charge is 0.383 e. The van der Waals surface area contributed by atoms with E-state index in [4.69, 9.17) is 15.7 Å². The molecule has 8 aromatic carbocycles. The zero-order valence-electron chi connectivity index (χ0n) is 35.1. The molecule has 0 saturated carbocycles. The van der Waals surface area contributed by atoms with E-state index in [1.54, 1.807) is 0 Å². The molecule has 3 N–H and O–H groups in total. The van der Waals surface area contributed by atoms with E-state index in [0.29, 0.717) is 18.2 Å². The third-order valence-electron chi connectivity index (χ3n) is 13.2. The zero-order valence-corrected chi connectivity index (χ0v) is 35.1. The van der Waals surface area contributed by atoms with Crippen molar-refractivity contribution in [3.63, 3.8) is 0 Å². The summed E-state index contributed by atoms with van der Waals surface area (Å²) in [6, 6.07) is 66.8. The van der Waals surface area contributed by atoms with Crippen molar-refractivity contribution < 1.29 is 0 Å². The Bertz CT molecular complexity index is 3620. The Labute approximate surface area is 371 Å². The summed E-state index contributed by atoms with van der Waals surface area (Å²) in [5, 5.41) is 4.84. The summed E-state index contributed by atoms with van der Waals surface area (Å²) in [4.78, 5) is 14.2. The lowest BCUT2D eigenvalue weighted by atomic mass is 9.67. The fraction of sp³-hybridized carbons (Fsp3) is 0.0508. The van der Waals surface area contributed by atoms with E-state index >= 15 is 0 Å². The third kappa shape index (κ3) is 5.85. The summed E-state index contributed by atoms with van der Waals surface area (Å²) in [6.45, 7) is 0.389. The highest BCUT2D eigenvalue weighted by molar-refractivity contribution is 6.25. The van der Waals surface area contributed by atoms with Crippen molar-refractivity contribution in [3.8, 4) is 16.8 Å². The van der Waals surface area contributed by atoms with Gasteiger partial charge in [-0.15, -0.1) is 0 Å². The number of nitrogens with one attached hydrogen (secondary N) is 1. The number of para-hydroxylation sites is 3. The molecule has 0 saturated heterocycles. The van der Waals surface area contributed by atoms with Crippen LogP contribution >= 0.6 is 0 Å². The van der Waals surface area contributed by atoms with Gasteiger partial charge in [0, 0.05) is 43.7 Å². The Morgan fingerprint density at radius 3 is 2.23 bits per heavy atom. The number of hydrogen-bond acceptors (Lipinski definition) is 1. The summed E-state index contributed by atoms with van der Waals surface area (Å²) in [5.74, 6) is 0.984. The molecular weight excluding hydrogens is 779 g/mol. The fourth-order valence-electron chi connectivity index (χ4n) is 10.4. The van der Waals surface area contributed by atoms with E-state index in [9.17, 15) is 0 Å². The van der Waals surface area contributed by atoms with Gasteiger partial charge < -0.3 is 15.3 Å². The lowest BCUT2D eigenvalue weighted by Gasteiger charge is -2.34. The number of aromatic nitrogens is 2. The predicted octanol–water partition coefficient (Wildman–Crippen LogP) is 13.5. The average molecular weight is 822 g/mol. The van der Waals surface area contributed by atoms with E-state index in [0.717, 1.165) is 45.3 Å². The van der Waals surface area contributed by atoms with Gasteiger partial charge >= 0.3 is 0 Å². The Balaban J connectivity index is 1.01. The van der Waals surface area contributed by atoms with Crippen LogP contribution in [0.1, 0.15) is 39.8 Å². The smallest absolute Gasteiger partial charge is 0.157 e. The molecular formula is C59H43N5. The predicted molar refractivity (Wildman–Crippen MR) is 267 cm³/mol. The number of H-pyrrole nitrogens is 1. The lowest BCUT2D eigenvalue weighted by Crippen LogP contribution is -2.29. The maximum Gasteiger partial charge on any atom is 0.157 e. The molecule has 64 heavy (non-hydrogen) atoms. The summed E-state index contributed by atoms with van der Waals surface area (Å²) in [5.41, 5.74) is 22.4. The van der Waals surface area contributed by atoms with Gasteiger partial charge in [-0.25, -0.2) is 4.99 Å². The Morgan fingerprint density at radius 2 is 1.34 bits per heavy atom. The first-order valence-corrected chi connectivity index (χ1v) is 22.0. The molecule has 0 fully saturated rings. The highest BCUT2D eigenvalue weighted by Crippen LogP contribution is 2.57. The molecule has 0 radical (unpaired) electrons. The molecule has 2 aliphatic carbocycles. The number of hydrogen-bond donors (Lipinski definition) is 2. The van der Waals surface area contributed by atoms with Gasteiger partial charge in [0.2, 0.25) is 0 Å². The molecule has 304 valence electrons. The SMILES string of the molecule is N/C(=N\C(=N/Cc1ccccc1-n1c2ccccc2c2ccc3[nH]c4ccccc4c3c21)c1ccccc1)c1ccc2c(c1)C(C1=CC=CCC=C1)(c1ccccc1)c1ccccc1-2. The van der Waals surface area contributed by atoms with E-state index in [2.05, 4.69) is 210 Å². The van der Waals surface area contributed by atoms with Crippen LogP contribution in [0.2, 0.25) is 0 Å². The number of allylic oxidation sites excluding steroid dienone is 6. The Hall–Kier alpha value is -8.28. The van der Waals surface area contributed by atoms with Crippen LogP contribution in [0.3, 0.4) is 0 Å². The standard InChI is InChI=1S/C59H43N5/c60-57(40-33-34-45-44-26-12-15-29-49(44)59(50(45)37-40,43-24-9-4-10-25-43)42-22-7-1-2-8-23-42)63-58(39-19-5-3-6-20-39)61-38-41-21-11-17-31-53(41)64-54-32-18-14-27-46(54)47-35-36-52-55(56(47)64)48-28-13-16-30-51(48)62-52/h1,3-37,62H,2,38H2,(H2,60,61,63). The monoisotopic (exact) mass is 821 g/mol. The topological polar surface area (TPSA) is 71.5 Å².